The Kier molecular flexibility index (Phi) is 16.2. The molecule has 0 fully saturated rings. The molecule has 0 aliphatic heterocycles. The van der Waals surface area contributed by atoms with E-state index < -0.39 is 5.97 Å². The number of allylic oxidation sites excluding steroid dienone is 3. The Morgan fingerprint density at radius 1 is 0.762 bits per heavy atom. The van der Waals surface area contributed by atoms with E-state index in [1.54, 1.807) is 0 Å². The van der Waals surface area contributed by atoms with E-state index in [1.165, 1.54) is 70.6 Å². The molecule has 0 saturated carbocycles. The molecule has 0 atom stereocenters. The largest absolute Gasteiger partial charge is 0.481 e. The van der Waals surface area contributed by atoms with Crippen molar-refractivity contribution in [1.29, 1.82) is 0 Å². The van der Waals surface area contributed by atoms with Gasteiger partial charge >= 0.3 is 5.97 Å². The molecule has 0 unspecified atom stereocenters. The summed E-state index contributed by atoms with van der Waals surface area (Å²) in [6.45, 7) is 3.66. The average molecular weight is 294 g/mol. The first-order chi connectivity index (χ1) is 10.3. The third-order valence-corrected chi connectivity index (χ3v) is 3.78. The van der Waals surface area contributed by atoms with Gasteiger partial charge in [0.05, 0.1) is 0 Å². The van der Waals surface area contributed by atoms with Crippen LogP contribution in [0.2, 0.25) is 0 Å². The lowest BCUT2D eigenvalue weighted by atomic mass is 10.0. The third-order valence-electron chi connectivity index (χ3n) is 3.78. The zero-order valence-corrected chi connectivity index (χ0v) is 13.7. The number of rotatable bonds is 16. The lowest BCUT2D eigenvalue weighted by Gasteiger charge is -2.02. The van der Waals surface area contributed by atoms with Gasteiger partial charge in [-0.25, -0.2) is 0 Å². The number of unbranched alkanes of at least 4 members (excludes halogenated alkanes) is 12. The van der Waals surface area contributed by atoms with Gasteiger partial charge in [0.1, 0.15) is 0 Å². The number of carboxylic acids is 1. The molecule has 0 aliphatic carbocycles. The molecule has 0 spiro atoms. The van der Waals surface area contributed by atoms with Gasteiger partial charge in [-0.2, -0.15) is 0 Å². The highest BCUT2D eigenvalue weighted by atomic mass is 16.4. The second-order valence-electron chi connectivity index (χ2n) is 5.84. The molecule has 122 valence electrons. The van der Waals surface area contributed by atoms with Crippen LogP contribution < -0.4 is 0 Å². The van der Waals surface area contributed by atoms with Gasteiger partial charge in [0, 0.05) is 6.42 Å². The van der Waals surface area contributed by atoms with Crippen LogP contribution in [0.1, 0.15) is 89.9 Å². The van der Waals surface area contributed by atoms with E-state index in [4.69, 9.17) is 5.11 Å². The predicted molar refractivity (Wildman–Crippen MR) is 91.6 cm³/mol. The van der Waals surface area contributed by atoms with E-state index >= 15 is 0 Å². The summed E-state index contributed by atoms with van der Waals surface area (Å²) in [5, 5.41) is 8.52. The normalized spacial score (nSPS) is 11.0. The van der Waals surface area contributed by atoms with Gasteiger partial charge in [-0.3, -0.25) is 4.79 Å². The van der Waals surface area contributed by atoms with Gasteiger partial charge in [0.15, 0.2) is 0 Å². The molecule has 0 rings (SSSR count). The summed E-state index contributed by atoms with van der Waals surface area (Å²) in [6.07, 6.45) is 22.8. The van der Waals surface area contributed by atoms with Crippen LogP contribution in [0.3, 0.4) is 0 Å². The molecule has 0 saturated heterocycles. The molecule has 0 heterocycles. The van der Waals surface area contributed by atoms with E-state index in [-0.39, 0.29) is 0 Å². The van der Waals surface area contributed by atoms with Crippen molar-refractivity contribution in [3.8, 4) is 0 Å². The van der Waals surface area contributed by atoms with Crippen LogP contribution in [-0.2, 0) is 4.79 Å². The Labute approximate surface area is 131 Å². The van der Waals surface area contributed by atoms with E-state index in [2.05, 4.69) is 12.7 Å². The van der Waals surface area contributed by atoms with Crippen molar-refractivity contribution in [1.82, 2.24) is 0 Å². The third kappa shape index (κ3) is 18.9. The maximum atomic E-state index is 10.3. The molecule has 0 aromatic carbocycles. The average Bonchev–Trinajstić information content (AvgIpc) is 2.46. The number of hydrogen-bond donors (Lipinski definition) is 1. The summed E-state index contributed by atoms with van der Waals surface area (Å²) < 4.78 is 0. The van der Waals surface area contributed by atoms with Gasteiger partial charge < -0.3 is 5.11 Å². The van der Waals surface area contributed by atoms with E-state index in [0.717, 1.165) is 12.8 Å². The molecule has 2 nitrogen and oxygen atoms in total. The summed E-state index contributed by atoms with van der Waals surface area (Å²) in [6, 6.07) is 0. The van der Waals surface area contributed by atoms with E-state index in [1.807, 2.05) is 12.2 Å². The molecule has 0 radical (unpaired) electrons. The zero-order valence-electron chi connectivity index (χ0n) is 13.7. The van der Waals surface area contributed by atoms with Crippen LogP contribution in [0.25, 0.3) is 0 Å². The summed E-state index contributed by atoms with van der Waals surface area (Å²) >= 11 is 0. The van der Waals surface area contributed by atoms with Crippen LogP contribution in [0, 0.1) is 0 Å². The van der Waals surface area contributed by atoms with Gasteiger partial charge in [-0.05, 0) is 19.3 Å². The maximum Gasteiger partial charge on any atom is 0.303 e. The molecule has 0 aliphatic rings. The van der Waals surface area contributed by atoms with E-state index in [9.17, 15) is 4.79 Å². The molecular weight excluding hydrogens is 260 g/mol. The first-order valence-corrected chi connectivity index (χ1v) is 8.76. The maximum absolute atomic E-state index is 10.3. The smallest absolute Gasteiger partial charge is 0.303 e. The predicted octanol–water partition coefficient (Wildman–Crippen LogP) is 6.27. The topological polar surface area (TPSA) is 37.3 Å². The second-order valence-corrected chi connectivity index (χ2v) is 5.84. The fourth-order valence-corrected chi connectivity index (χ4v) is 2.50. The minimum atomic E-state index is -0.660. The van der Waals surface area contributed by atoms with Gasteiger partial charge in [0.2, 0.25) is 0 Å². The quantitative estimate of drug-likeness (QED) is 0.269. The van der Waals surface area contributed by atoms with Crippen molar-refractivity contribution < 1.29 is 9.90 Å². The molecule has 2 heteroatoms. The van der Waals surface area contributed by atoms with Crippen molar-refractivity contribution in [2.45, 2.75) is 89.9 Å². The van der Waals surface area contributed by atoms with Gasteiger partial charge in [-0.1, -0.05) is 89.0 Å². The van der Waals surface area contributed by atoms with Crippen molar-refractivity contribution in [3.05, 3.63) is 24.8 Å². The zero-order chi connectivity index (χ0) is 15.6. The van der Waals surface area contributed by atoms with Crippen LogP contribution >= 0.6 is 0 Å². The van der Waals surface area contributed by atoms with Crippen LogP contribution in [0.5, 0.6) is 0 Å². The fourth-order valence-electron chi connectivity index (χ4n) is 2.50. The first-order valence-electron chi connectivity index (χ1n) is 8.76. The van der Waals surface area contributed by atoms with Crippen LogP contribution in [-0.4, -0.2) is 11.1 Å². The number of carboxylic acid groups (broad SMARTS) is 1. The van der Waals surface area contributed by atoms with E-state index in [0.29, 0.717) is 6.42 Å². The minimum absolute atomic E-state index is 0.337. The number of carbonyl (C=O) groups is 1. The van der Waals surface area contributed by atoms with Crippen molar-refractivity contribution in [2.75, 3.05) is 0 Å². The highest BCUT2D eigenvalue weighted by Crippen LogP contribution is 2.13. The Balaban J connectivity index is 3.01. The summed E-state index contributed by atoms with van der Waals surface area (Å²) in [5.74, 6) is -0.660. The number of aliphatic carboxylic acids is 1. The van der Waals surface area contributed by atoms with Crippen molar-refractivity contribution >= 4 is 5.97 Å². The first kappa shape index (κ1) is 19.9. The Bertz CT molecular complexity index is 269. The second kappa shape index (κ2) is 17.0. The molecule has 0 aromatic heterocycles. The van der Waals surface area contributed by atoms with Crippen molar-refractivity contribution in [2.24, 2.45) is 0 Å². The molecule has 0 bridgehead atoms. The monoisotopic (exact) mass is 294 g/mol. The fraction of sp³-hybridized carbons (Fsp3) is 0.737. The minimum Gasteiger partial charge on any atom is -0.481 e. The van der Waals surface area contributed by atoms with Crippen LogP contribution in [0.4, 0.5) is 0 Å². The highest BCUT2D eigenvalue weighted by Gasteiger charge is 1.96. The summed E-state index contributed by atoms with van der Waals surface area (Å²) in [4.78, 5) is 10.3. The standard InChI is InChI=1S/C19H34O2/c1-2-3-4-5-6-7-8-9-10-11-12-13-14-15-16-17-18-19(20)21/h2-4H,1,5-18H2,(H,20,21)/b4-3+. The molecule has 0 amide bonds. The molecule has 0 aromatic rings. The molecule has 21 heavy (non-hydrogen) atoms. The van der Waals surface area contributed by atoms with Gasteiger partial charge in [-0.15, -0.1) is 0 Å². The number of hydrogen-bond acceptors (Lipinski definition) is 1. The SMILES string of the molecule is C=C/C=C/CCCCCCCCCCCCCCC(=O)O. The van der Waals surface area contributed by atoms with Gasteiger partial charge in [0.25, 0.3) is 0 Å². The lowest BCUT2D eigenvalue weighted by molar-refractivity contribution is -0.137. The Morgan fingerprint density at radius 2 is 1.19 bits per heavy atom. The lowest BCUT2D eigenvalue weighted by Crippen LogP contribution is -1.93. The highest BCUT2D eigenvalue weighted by molar-refractivity contribution is 5.66. The van der Waals surface area contributed by atoms with Crippen LogP contribution in [0.15, 0.2) is 24.8 Å². The van der Waals surface area contributed by atoms with Crippen molar-refractivity contribution in [3.63, 3.8) is 0 Å². The Morgan fingerprint density at radius 3 is 1.62 bits per heavy atom. The summed E-state index contributed by atoms with van der Waals surface area (Å²) in [7, 11) is 0. The molecular formula is C19H34O2. The summed E-state index contributed by atoms with van der Waals surface area (Å²) in [5.41, 5.74) is 0. The molecule has 1 N–H and O–H groups in total. The Hall–Kier alpha value is -1.05.